The van der Waals surface area contributed by atoms with Gasteiger partial charge in [-0.05, 0) is 36.2 Å². The molecule has 3 rings (SSSR count). The molecule has 2 heterocycles. The van der Waals surface area contributed by atoms with Crippen molar-refractivity contribution in [2.24, 2.45) is 7.05 Å². The zero-order valence-corrected chi connectivity index (χ0v) is 11.0. The van der Waals surface area contributed by atoms with Crippen molar-refractivity contribution in [1.29, 1.82) is 0 Å². The fourth-order valence-electron chi connectivity index (χ4n) is 1.66. The van der Waals surface area contributed by atoms with Crippen LogP contribution in [0.15, 0.2) is 34.8 Å². The Balaban J connectivity index is 1.75. The molecule has 0 saturated heterocycles. The minimum absolute atomic E-state index is 0.706. The normalized spacial score (nSPS) is 14.9. The SMILES string of the molecule is Cn1ncnc1Sc1ncccc1CNC1CC1. The Morgan fingerprint density at radius 3 is 3.06 bits per heavy atom. The highest BCUT2D eigenvalue weighted by molar-refractivity contribution is 7.99. The summed E-state index contributed by atoms with van der Waals surface area (Å²) in [5, 5.41) is 9.44. The van der Waals surface area contributed by atoms with Crippen LogP contribution in [0.1, 0.15) is 18.4 Å². The van der Waals surface area contributed by atoms with Gasteiger partial charge in [0.1, 0.15) is 11.4 Å². The molecule has 2 aromatic rings. The molecule has 1 aliphatic rings. The van der Waals surface area contributed by atoms with E-state index in [1.807, 2.05) is 19.3 Å². The fourth-order valence-corrected chi connectivity index (χ4v) is 2.49. The van der Waals surface area contributed by atoms with Gasteiger partial charge in [0, 0.05) is 25.8 Å². The van der Waals surface area contributed by atoms with E-state index in [-0.39, 0.29) is 0 Å². The first-order valence-corrected chi connectivity index (χ1v) is 6.83. The van der Waals surface area contributed by atoms with E-state index in [9.17, 15) is 0 Å². The summed E-state index contributed by atoms with van der Waals surface area (Å²) in [5.41, 5.74) is 1.22. The maximum atomic E-state index is 4.43. The molecule has 18 heavy (non-hydrogen) atoms. The Labute approximate surface area is 110 Å². The molecule has 0 unspecified atom stereocenters. The van der Waals surface area contributed by atoms with Crippen LogP contribution in [0.2, 0.25) is 0 Å². The summed E-state index contributed by atoms with van der Waals surface area (Å²) in [4.78, 5) is 8.65. The maximum absolute atomic E-state index is 4.43. The van der Waals surface area contributed by atoms with Gasteiger partial charge in [-0.2, -0.15) is 5.10 Å². The molecule has 0 aromatic carbocycles. The largest absolute Gasteiger partial charge is 0.310 e. The molecule has 2 aromatic heterocycles. The van der Waals surface area contributed by atoms with Crippen molar-refractivity contribution in [3.63, 3.8) is 0 Å². The minimum atomic E-state index is 0.706. The van der Waals surface area contributed by atoms with Gasteiger partial charge >= 0.3 is 0 Å². The highest BCUT2D eigenvalue weighted by atomic mass is 32.2. The minimum Gasteiger partial charge on any atom is -0.310 e. The molecule has 0 aliphatic heterocycles. The van der Waals surface area contributed by atoms with Crippen LogP contribution in [0.3, 0.4) is 0 Å². The van der Waals surface area contributed by atoms with Crippen LogP contribution in [0.4, 0.5) is 0 Å². The third-order valence-corrected chi connectivity index (χ3v) is 3.98. The van der Waals surface area contributed by atoms with Crippen molar-refractivity contribution in [2.45, 2.75) is 35.6 Å². The smallest absolute Gasteiger partial charge is 0.192 e. The van der Waals surface area contributed by atoms with Gasteiger partial charge in [0.15, 0.2) is 5.16 Å². The number of aromatic nitrogens is 4. The van der Waals surface area contributed by atoms with Crippen LogP contribution in [-0.2, 0) is 13.6 Å². The molecule has 94 valence electrons. The summed E-state index contributed by atoms with van der Waals surface area (Å²) in [7, 11) is 1.89. The number of nitrogens with one attached hydrogen (secondary N) is 1. The summed E-state index contributed by atoms with van der Waals surface area (Å²) in [6.07, 6.45) is 5.98. The first kappa shape index (κ1) is 11.7. The Bertz CT molecular complexity index is 535. The number of pyridine rings is 1. The lowest BCUT2D eigenvalue weighted by Crippen LogP contribution is -2.16. The number of hydrogen-bond donors (Lipinski definition) is 1. The van der Waals surface area contributed by atoms with Crippen LogP contribution in [0, 0.1) is 0 Å². The summed E-state index contributed by atoms with van der Waals surface area (Å²) in [6, 6.07) is 4.80. The van der Waals surface area contributed by atoms with Gasteiger partial charge in [0.25, 0.3) is 0 Å². The van der Waals surface area contributed by atoms with Crippen molar-refractivity contribution >= 4 is 11.8 Å². The zero-order valence-electron chi connectivity index (χ0n) is 10.2. The van der Waals surface area contributed by atoms with Crippen LogP contribution >= 0.6 is 11.8 Å². The molecule has 1 fully saturated rings. The third-order valence-electron chi connectivity index (χ3n) is 2.87. The Kier molecular flexibility index (Phi) is 3.29. The van der Waals surface area contributed by atoms with E-state index in [1.165, 1.54) is 18.4 Å². The summed E-state index contributed by atoms with van der Waals surface area (Å²) in [6.45, 7) is 0.874. The van der Waals surface area contributed by atoms with Gasteiger partial charge in [-0.15, -0.1) is 0 Å². The van der Waals surface area contributed by atoms with Gasteiger partial charge < -0.3 is 5.32 Å². The van der Waals surface area contributed by atoms with E-state index in [4.69, 9.17) is 0 Å². The highest BCUT2D eigenvalue weighted by Gasteiger charge is 2.20. The Hall–Kier alpha value is -1.40. The van der Waals surface area contributed by atoms with E-state index < -0.39 is 0 Å². The third kappa shape index (κ3) is 2.70. The molecule has 6 heteroatoms. The second kappa shape index (κ2) is 5.07. The van der Waals surface area contributed by atoms with E-state index >= 15 is 0 Å². The fraction of sp³-hybridized carbons (Fsp3) is 0.417. The topological polar surface area (TPSA) is 55.6 Å². The molecular formula is C12H15N5S. The molecule has 0 bridgehead atoms. The van der Waals surface area contributed by atoms with Gasteiger partial charge in [-0.25, -0.2) is 14.6 Å². The average molecular weight is 261 g/mol. The van der Waals surface area contributed by atoms with E-state index in [2.05, 4.69) is 26.4 Å². The van der Waals surface area contributed by atoms with Crippen molar-refractivity contribution < 1.29 is 0 Å². The molecule has 0 spiro atoms. The van der Waals surface area contributed by atoms with Crippen LogP contribution in [0.5, 0.6) is 0 Å². The predicted octanol–water partition coefficient (Wildman–Crippen LogP) is 1.61. The van der Waals surface area contributed by atoms with Crippen molar-refractivity contribution in [2.75, 3.05) is 0 Å². The standard InChI is InChI=1S/C12H15N5S/c1-17-12(15-8-16-17)18-11-9(3-2-6-13-11)7-14-10-4-5-10/h2-3,6,8,10,14H,4-5,7H2,1H3. The number of hydrogen-bond acceptors (Lipinski definition) is 5. The Morgan fingerprint density at radius 2 is 2.33 bits per heavy atom. The van der Waals surface area contributed by atoms with E-state index in [0.717, 1.165) is 16.7 Å². The van der Waals surface area contributed by atoms with Crippen LogP contribution in [-0.4, -0.2) is 25.8 Å². The lowest BCUT2D eigenvalue weighted by Gasteiger charge is -2.08. The van der Waals surface area contributed by atoms with Gasteiger partial charge in [0.05, 0.1) is 0 Å². The summed E-state index contributed by atoms with van der Waals surface area (Å²) in [5.74, 6) is 0. The zero-order chi connectivity index (χ0) is 12.4. The maximum Gasteiger partial charge on any atom is 0.192 e. The van der Waals surface area contributed by atoms with Crippen molar-refractivity contribution in [3.05, 3.63) is 30.2 Å². The first-order chi connectivity index (χ1) is 8.83. The molecule has 1 saturated carbocycles. The lowest BCUT2D eigenvalue weighted by molar-refractivity contribution is 0.670. The lowest BCUT2D eigenvalue weighted by atomic mass is 10.3. The molecule has 0 atom stereocenters. The Morgan fingerprint density at radius 1 is 1.44 bits per heavy atom. The number of rotatable bonds is 5. The number of aryl methyl sites for hydroxylation is 1. The van der Waals surface area contributed by atoms with Crippen LogP contribution < -0.4 is 5.32 Å². The predicted molar refractivity (Wildman–Crippen MR) is 69.2 cm³/mol. The summed E-state index contributed by atoms with van der Waals surface area (Å²) < 4.78 is 1.76. The second-order valence-electron chi connectivity index (χ2n) is 4.39. The second-order valence-corrected chi connectivity index (χ2v) is 5.35. The molecule has 1 aliphatic carbocycles. The van der Waals surface area contributed by atoms with E-state index in [1.54, 1.807) is 22.8 Å². The summed E-state index contributed by atoms with van der Waals surface area (Å²) >= 11 is 1.56. The van der Waals surface area contributed by atoms with Crippen molar-refractivity contribution in [1.82, 2.24) is 25.1 Å². The quantitative estimate of drug-likeness (QED) is 0.886. The van der Waals surface area contributed by atoms with E-state index in [0.29, 0.717) is 6.04 Å². The highest BCUT2D eigenvalue weighted by Crippen LogP contribution is 2.27. The van der Waals surface area contributed by atoms with Crippen molar-refractivity contribution in [3.8, 4) is 0 Å². The molecule has 0 radical (unpaired) electrons. The first-order valence-electron chi connectivity index (χ1n) is 6.02. The molecular weight excluding hydrogens is 246 g/mol. The number of nitrogens with zero attached hydrogens (tertiary/aromatic N) is 4. The molecule has 0 amide bonds. The van der Waals surface area contributed by atoms with Crippen LogP contribution in [0.25, 0.3) is 0 Å². The van der Waals surface area contributed by atoms with Gasteiger partial charge in [-0.1, -0.05) is 6.07 Å². The average Bonchev–Trinajstić information content (AvgIpc) is 3.13. The molecule has 5 nitrogen and oxygen atoms in total. The molecule has 1 N–H and O–H groups in total. The van der Waals surface area contributed by atoms with Gasteiger partial charge in [0.2, 0.25) is 0 Å². The monoisotopic (exact) mass is 261 g/mol. The van der Waals surface area contributed by atoms with Gasteiger partial charge in [-0.3, -0.25) is 0 Å².